The Hall–Kier alpha value is -0.620. The fraction of sp³-hybridized carbons (Fsp3) is 0.950. The van der Waals surface area contributed by atoms with E-state index >= 15 is 0 Å². The van der Waals surface area contributed by atoms with E-state index in [1.165, 1.54) is 25.7 Å². The van der Waals surface area contributed by atoms with Gasteiger partial charge in [0.15, 0.2) is 5.96 Å². The quantitative estimate of drug-likeness (QED) is 0.472. The minimum Gasteiger partial charge on any atom is -0.378 e. The molecule has 0 aromatic rings. The molecule has 2 aliphatic carbocycles. The summed E-state index contributed by atoms with van der Waals surface area (Å²) < 4.78 is 18.1. The van der Waals surface area contributed by atoms with Gasteiger partial charge in [-0.2, -0.15) is 0 Å². The molecule has 6 heteroatoms. The van der Waals surface area contributed by atoms with Crippen molar-refractivity contribution in [3.05, 3.63) is 0 Å². The van der Waals surface area contributed by atoms with E-state index < -0.39 is 10.8 Å². The number of aliphatic imine (C=N–C) groups is 1. The van der Waals surface area contributed by atoms with Gasteiger partial charge in [0, 0.05) is 48.0 Å². The molecule has 0 spiro atoms. The van der Waals surface area contributed by atoms with Gasteiger partial charge in [0.1, 0.15) is 0 Å². The van der Waals surface area contributed by atoms with Gasteiger partial charge >= 0.3 is 0 Å². The Kier molecular flexibility index (Phi) is 9.97. The van der Waals surface area contributed by atoms with Crippen LogP contribution in [0.5, 0.6) is 0 Å². The summed E-state index contributed by atoms with van der Waals surface area (Å²) in [5.41, 5.74) is 0. The van der Waals surface area contributed by atoms with Crippen LogP contribution in [0.1, 0.15) is 71.6 Å². The maximum Gasteiger partial charge on any atom is 0.191 e. The van der Waals surface area contributed by atoms with Crippen LogP contribution < -0.4 is 10.6 Å². The molecule has 4 atom stereocenters. The lowest BCUT2D eigenvalue weighted by Crippen LogP contribution is -2.47. The van der Waals surface area contributed by atoms with Crippen molar-refractivity contribution in [1.82, 2.24) is 10.6 Å². The molecule has 0 aromatic heterocycles. The van der Waals surface area contributed by atoms with Gasteiger partial charge in [-0.15, -0.1) is 0 Å². The summed E-state index contributed by atoms with van der Waals surface area (Å²) in [5, 5.41) is 7.37. The smallest absolute Gasteiger partial charge is 0.191 e. The van der Waals surface area contributed by atoms with Gasteiger partial charge < -0.3 is 15.4 Å². The summed E-state index contributed by atoms with van der Waals surface area (Å²) in [7, 11) is 1.15. The standard InChI is InChI=1S/C20H39N3O2S/c1-4-25-19(16-9-6-7-10-16)13-14-22-20(21-3)23-17-11-8-12-18(15-17)26(24)5-2/h16-19H,4-15H2,1-3H3,(H2,21,22,23). The zero-order chi connectivity index (χ0) is 18.8. The number of nitrogens with zero attached hydrogens (tertiary/aromatic N) is 1. The molecule has 2 N–H and O–H groups in total. The lowest BCUT2D eigenvalue weighted by molar-refractivity contribution is 0.0169. The first-order valence-corrected chi connectivity index (χ1v) is 12.0. The number of nitrogens with one attached hydrogen (secondary N) is 2. The minimum atomic E-state index is -0.683. The van der Waals surface area contributed by atoms with Gasteiger partial charge in [-0.1, -0.05) is 26.2 Å². The van der Waals surface area contributed by atoms with Gasteiger partial charge in [-0.05, 0) is 51.4 Å². The van der Waals surface area contributed by atoms with Crippen LogP contribution in [0.3, 0.4) is 0 Å². The Morgan fingerprint density at radius 3 is 2.62 bits per heavy atom. The lowest BCUT2D eigenvalue weighted by Gasteiger charge is -2.30. The molecule has 4 unspecified atom stereocenters. The van der Waals surface area contributed by atoms with E-state index in [0.717, 1.165) is 62.9 Å². The maximum absolute atomic E-state index is 12.1. The Labute approximate surface area is 162 Å². The number of guanidine groups is 1. The SMILES string of the molecule is CCOC(CCNC(=NC)NC1CCCC(S(=O)CC)C1)C1CCCC1. The zero-order valence-corrected chi connectivity index (χ0v) is 17.8. The molecule has 0 amide bonds. The van der Waals surface area contributed by atoms with Crippen molar-refractivity contribution in [1.29, 1.82) is 0 Å². The summed E-state index contributed by atoms with van der Waals surface area (Å²) in [6, 6.07) is 0.382. The highest BCUT2D eigenvalue weighted by Crippen LogP contribution is 2.30. The average molecular weight is 386 g/mol. The normalized spacial score (nSPS) is 27.3. The molecule has 2 fully saturated rings. The van der Waals surface area contributed by atoms with Gasteiger partial charge in [0.25, 0.3) is 0 Å². The fourth-order valence-corrected chi connectivity index (χ4v) is 5.82. The van der Waals surface area contributed by atoms with E-state index in [1.807, 2.05) is 14.0 Å². The predicted octanol–water partition coefficient (Wildman–Crippen LogP) is 3.22. The number of hydrogen-bond donors (Lipinski definition) is 2. The first kappa shape index (κ1) is 21.7. The van der Waals surface area contributed by atoms with Crippen molar-refractivity contribution in [2.45, 2.75) is 89.0 Å². The molecule has 0 saturated heterocycles. The average Bonchev–Trinajstić information content (AvgIpc) is 3.20. The molecule has 2 rings (SSSR count). The largest absolute Gasteiger partial charge is 0.378 e. The highest BCUT2D eigenvalue weighted by Gasteiger charge is 2.27. The lowest BCUT2D eigenvalue weighted by atomic mass is 9.95. The topological polar surface area (TPSA) is 62.7 Å². The molecule has 0 aromatic carbocycles. The maximum atomic E-state index is 12.1. The van der Waals surface area contributed by atoms with Crippen LogP contribution in [0.15, 0.2) is 4.99 Å². The predicted molar refractivity (Wildman–Crippen MR) is 111 cm³/mol. The van der Waals surface area contributed by atoms with Crippen LogP contribution in [0.4, 0.5) is 0 Å². The highest BCUT2D eigenvalue weighted by molar-refractivity contribution is 7.85. The van der Waals surface area contributed by atoms with Gasteiger partial charge in [-0.3, -0.25) is 9.20 Å². The van der Waals surface area contributed by atoms with Crippen LogP contribution in [-0.4, -0.2) is 53.5 Å². The summed E-state index contributed by atoms with van der Waals surface area (Å²) in [5.74, 6) is 2.37. The molecular weight excluding hydrogens is 346 g/mol. The van der Waals surface area contributed by atoms with E-state index in [0.29, 0.717) is 17.4 Å². The first-order valence-electron chi connectivity index (χ1n) is 10.6. The summed E-state index contributed by atoms with van der Waals surface area (Å²) in [4.78, 5) is 4.39. The Balaban J connectivity index is 1.75. The van der Waals surface area contributed by atoms with Crippen LogP contribution in [-0.2, 0) is 15.5 Å². The van der Waals surface area contributed by atoms with Crippen molar-refractivity contribution in [3.63, 3.8) is 0 Å². The molecular formula is C20H39N3O2S. The van der Waals surface area contributed by atoms with Crippen LogP contribution in [0, 0.1) is 5.92 Å². The molecule has 0 bridgehead atoms. The van der Waals surface area contributed by atoms with E-state index in [2.05, 4.69) is 22.5 Å². The Bertz CT molecular complexity index is 452. The van der Waals surface area contributed by atoms with E-state index in [9.17, 15) is 4.21 Å². The fourth-order valence-electron chi connectivity index (χ4n) is 4.47. The second kappa shape index (κ2) is 12.0. The van der Waals surface area contributed by atoms with Crippen LogP contribution in [0.25, 0.3) is 0 Å². The first-order chi connectivity index (χ1) is 12.7. The third kappa shape index (κ3) is 6.84. The summed E-state index contributed by atoms with van der Waals surface area (Å²) in [6.07, 6.45) is 11.1. The molecule has 0 heterocycles. The Morgan fingerprint density at radius 2 is 1.96 bits per heavy atom. The van der Waals surface area contributed by atoms with Crippen molar-refractivity contribution < 1.29 is 8.95 Å². The minimum absolute atomic E-state index is 0.342. The molecule has 2 aliphatic rings. The van der Waals surface area contributed by atoms with Crippen LogP contribution in [0.2, 0.25) is 0 Å². The highest BCUT2D eigenvalue weighted by atomic mass is 32.2. The molecule has 26 heavy (non-hydrogen) atoms. The molecule has 0 aliphatic heterocycles. The molecule has 5 nitrogen and oxygen atoms in total. The van der Waals surface area contributed by atoms with Crippen molar-refractivity contribution in [2.24, 2.45) is 10.9 Å². The third-order valence-electron chi connectivity index (χ3n) is 5.87. The molecule has 2 saturated carbocycles. The second-order valence-electron chi connectivity index (χ2n) is 7.63. The van der Waals surface area contributed by atoms with Crippen molar-refractivity contribution in [3.8, 4) is 0 Å². The summed E-state index contributed by atoms with van der Waals surface area (Å²) >= 11 is 0. The third-order valence-corrected chi connectivity index (χ3v) is 7.62. The summed E-state index contributed by atoms with van der Waals surface area (Å²) in [6.45, 7) is 5.80. The van der Waals surface area contributed by atoms with Crippen molar-refractivity contribution in [2.75, 3.05) is 26.0 Å². The van der Waals surface area contributed by atoms with Crippen molar-refractivity contribution >= 4 is 16.8 Å². The number of hydrogen-bond acceptors (Lipinski definition) is 3. The van der Waals surface area contributed by atoms with E-state index in [4.69, 9.17) is 4.74 Å². The monoisotopic (exact) mass is 385 g/mol. The number of ether oxygens (including phenoxy) is 1. The Morgan fingerprint density at radius 1 is 1.19 bits per heavy atom. The van der Waals surface area contributed by atoms with E-state index in [1.54, 1.807) is 0 Å². The van der Waals surface area contributed by atoms with E-state index in [-0.39, 0.29) is 0 Å². The van der Waals surface area contributed by atoms with Gasteiger partial charge in [0.2, 0.25) is 0 Å². The number of rotatable bonds is 9. The molecule has 0 radical (unpaired) electrons. The van der Waals surface area contributed by atoms with Crippen LogP contribution >= 0.6 is 0 Å². The van der Waals surface area contributed by atoms with Gasteiger partial charge in [0.05, 0.1) is 6.10 Å². The molecule has 152 valence electrons. The van der Waals surface area contributed by atoms with Gasteiger partial charge in [-0.25, -0.2) is 0 Å². The zero-order valence-electron chi connectivity index (χ0n) is 17.0. The second-order valence-corrected chi connectivity index (χ2v) is 9.63.